The smallest absolute Gasteiger partial charge is 0.412 e. The number of hydrogen-bond acceptors (Lipinski definition) is 5. The quantitative estimate of drug-likeness (QED) is 0.823. The molecule has 0 spiro atoms. The number of hydrogen-bond donors (Lipinski definition) is 2. The van der Waals surface area contributed by atoms with Gasteiger partial charge < -0.3 is 19.9 Å². The van der Waals surface area contributed by atoms with Crippen LogP contribution < -0.4 is 20.5 Å². The molecule has 0 atom stereocenters. The van der Waals surface area contributed by atoms with Gasteiger partial charge in [-0.15, -0.1) is 0 Å². The summed E-state index contributed by atoms with van der Waals surface area (Å²) in [6.07, 6.45) is -0.572. The van der Waals surface area contributed by atoms with Gasteiger partial charge in [-0.25, -0.2) is 4.79 Å². The minimum Gasteiger partial charge on any atom is -0.495 e. The topological polar surface area (TPSA) is 82.8 Å². The van der Waals surface area contributed by atoms with Crippen molar-refractivity contribution in [2.45, 2.75) is 26.4 Å². The number of rotatable bonds is 3. The van der Waals surface area contributed by atoms with Gasteiger partial charge in [0, 0.05) is 12.1 Å². The molecule has 1 rings (SSSR count). The van der Waals surface area contributed by atoms with Crippen molar-refractivity contribution in [1.82, 2.24) is 0 Å². The number of nitrogen functional groups attached to an aromatic ring is 1. The van der Waals surface area contributed by atoms with Crippen molar-refractivity contribution >= 4 is 17.5 Å². The van der Waals surface area contributed by atoms with Crippen LogP contribution in [0.1, 0.15) is 20.8 Å². The van der Waals surface area contributed by atoms with Crippen molar-refractivity contribution in [3.8, 4) is 11.5 Å². The first-order chi connectivity index (χ1) is 8.76. The summed E-state index contributed by atoms with van der Waals surface area (Å²) in [5, 5.41) is 2.60. The van der Waals surface area contributed by atoms with Crippen molar-refractivity contribution in [2.75, 3.05) is 25.3 Å². The Morgan fingerprint density at radius 1 is 1.16 bits per heavy atom. The minimum atomic E-state index is -0.574. The summed E-state index contributed by atoms with van der Waals surface area (Å²) in [5.41, 5.74) is 6.04. The van der Waals surface area contributed by atoms with Crippen LogP contribution in [0.3, 0.4) is 0 Å². The second-order valence-corrected chi connectivity index (χ2v) is 4.92. The molecule has 1 amide bonds. The van der Waals surface area contributed by atoms with Crippen LogP contribution in [0.15, 0.2) is 12.1 Å². The van der Waals surface area contributed by atoms with Crippen LogP contribution in [0.25, 0.3) is 0 Å². The third kappa shape index (κ3) is 4.24. The lowest BCUT2D eigenvalue weighted by molar-refractivity contribution is 0.0635. The zero-order valence-electron chi connectivity index (χ0n) is 11.9. The molecular weight excluding hydrogens is 248 g/mol. The van der Waals surface area contributed by atoms with Gasteiger partial charge in [0.15, 0.2) is 0 Å². The van der Waals surface area contributed by atoms with Gasteiger partial charge >= 0.3 is 6.09 Å². The molecule has 0 heterocycles. The molecule has 0 radical (unpaired) electrons. The molecular formula is C13H20N2O4. The van der Waals surface area contributed by atoms with Crippen LogP contribution in [0.5, 0.6) is 11.5 Å². The lowest BCUT2D eigenvalue weighted by atomic mass is 10.2. The Morgan fingerprint density at radius 3 is 2.21 bits per heavy atom. The molecule has 1 aromatic carbocycles. The highest BCUT2D eigenvalue weighted by molar-refractivity contribution is 5.88. The Labute approximate surface area is 112 Å². The van der Waals surface area contributed by atoms with E-state index in [4.69, 9.17) is 19.9 Å². The van der Waals surface area contributed by atoms with Crippen LogP contribution in [-0.4, -0.2) is 25.9 Å². The summed E-state index contributed by atoms with van der Waals surface area (Å²) >= 11 is 0. The van der Waals surface area contributed by atoms with Gasteiger partial charge in [-0.3, -0.25) is 5.32 Å². The number of methoxy groups -OCH3 is 2. The number of carbonyl (C=O) groups is 1. The first-order valence-electron chi connectivity index (χ1n) is 5.78. The molecule has 0 fully saturated rings. The van der Waals surface area contributed by atoms with E-state index < -0.39 is 11.7 Å². The van der Waals surface area contributed by atoms with Gasteiger partial charge in [0.05, 0.1) is 25.6 Å². The third-order valence-electron chi connectivity index (χ3n) is 2.19. The predicted molar refractivity (Wildman–Crippen MR) is 73.8 cm³/mol. The summed E-state index contributed by atoms with van der Waals surface area (Å²) in [5.74, 6) is 0.885. The van der Waals surface area contributed by atoms with Crippen LogP contribution in [0.4, 0.5) is 16.2 Å². The minimum absolute atomic E-state index is 0.425. The number of benzene rings is 1. The lowest BCUT2D eigenvalue weighted by Crippen LogP contribution is -2.27. The molecule has 0 saturated heterocycles. The first-order valence-corrected chi connectivity index (χ1v) is 5.78. The molecule has 0 aliphatic carbocycles. The Bertz CT molecular complexity index is 466. The summed E-state index contributed by atoms with van der Waals surface area (Å²) in [7, 11) is 2.98. The molecule has 3 N–H and O–H groups in total. The summed E-state index contributed by atoms with van der Waals surface area (Å²) in [6.45, 7) is 5.36. The normalized spacial score (nSPS) is 10.8. The van der Waals surface area contributed by atoms with Crippen molar-refractivity contribution in [2.24, 2.45) is 0 Å². The van der Waals surface area contributed by atoms with E-state index in [2.05, 4.69) is 5.32 Å². The fraction of sp³-hybridized carbons (Fsp3) is 0.462. The second kappa shape index (κ2) is 5.69. The maximum atomic E-state index is 11.7. The summed E-state index contributed by atoms with van der Waals surface area (Å²) in [4.78, 5) is 11.7. The van der Waals surface area contributed by atoms with E-state index in [1.807, 2.05) is 0 Å². The number of ether oxygens (including phenoxy) is 3. The monoisotopic (exact) mass is 268 g/mol. The molecule has 0 bridgehead atoms. The van der Waals surface area contributed by atoms with Gasteiger partial charge in [-0.1, -0.05) is 0 Å². The van der Waals surface area contributed by atoms with Crippen LogP contribution in [0.2, 0.25) is 0 Å². The van der Waals surface area contributed by atoms with E-state index in [9.17, 15) is 4.79 Å². The largest absolute Gasteiger partial charge is 0.495 e. The van der Waals surface area contributed by atoms with Gasteiger partial charge in [-0.05, 0) is 20.8 Å². The molecule has 1 aromatic rings. The average molecular weight is 268 g/mol. The van der Waals surface area contributed by atoms with Crippen molar-refractivity contribution in [3.05, 3.63) is 12.1 Å². The molecule has 106 valence electrons. The number of nitrogens with one attached hydrogen (secondary N) is 1. The number of amides is 1. The number of anilines is 2. The highest BCUT2D eigenvalue weighted by Crippen LogP contribution is 2.34. The maximum Gasteiger partial charge on any atom is 0.412 e. The number of carbonyl (C=O) groups excluding carboxylic acids is 1. The van der Waals surface area contributed by atoms with E-state index in [0.29, 0.717) is 22.9 Å². The Hall–Kier alpha value is -2.11. The van der Waals surface area contributed by atoms with Gasteiger partial charge in [-0.2, -0.15) is 0 Å². The fourth-order valence-electron chi connectivity index (χ4n) is 1.43. The Balaban J connectivity index is 2.96. The van der Waals surface area contributed by atoms with E-state index >= 15 is 0 Å². The Morgan fingerprint density at radius 2 is 1.74 bits per heavy atom. The van der Waals surface area contributed by atoms with Crippen LogP contribution in [0, 0.1) is 0 Å². The lowest BCUT2D eigenvalue weighted by Gasteiger charge is -2.20. The standard InChI is InChI=1S/C13H20N2O4/c1-13(2,3)19-12(16)15-9-7-10(17-4)8(14)6-11(9)18-5/h6-7H,14H2,1-5H3,(H,15,16). The van der Waals surface area contributed by atoms with Crippen molar-refractivity contribution < 1.29 is 19.0 Å². The molecule has 6 heteroatoms. The average Bonchev–Trinajstić information content (AvgIpc) is 2.28. The van der Waals surface area contributed by atoms with Crippen molar-refractivity contribution in [3.63, 3.8) is 0 Å². The highest BCUT2D eigenvalue weighted by atomic mass is 16.6. The molecule has 0 saturated carbocycles. The molecule has 19 heavy (non-hydrogen) atoms. The van der Waals surface area contributed by atoms with E-state index in [1.165, 1.54) is 14.2 Å². The molecule has 0 unspecified atom stereocenters. The SMILES string of the molecule is COc1cc(NC(=O)OC(C)(C)C)c(OC)cc1N. The van der Waals surface area contributed by atoms with E-state index in [-0.39, 0.29) is 0 Å². The summed E-state index contributed by atoms with van der Waals surface area (Å²) in [6, 6.07) is 3.16. The second-order valence-electron chi connectivity index (χ2n) is 4.92. The highest BCUT2D eigenvalue weighted by Gasteiger charge is 2.18. The zero-order chi connectivity index (χ0) is 14.6. The molecule has 0 aromatic heterocycles. The van der Waals surface area contributed by atoms with Crippen LogP contribution >= 0.6 is 0 Å². The third-order valence-corrected chi connectivity index (χ3v) is 2.19. The zero-order valence-corrected chi connectivity index (χ0v) is 11.9. The fourth-order valence-corrected chi connectivity index (χ4v) is 1.43. The van der Waals surface area contributed by atoms with E-state index in [0.717, 1.165) is 0 Å². The molecule has 0 aliphatic heterocycles. The van der Waals surface area contributed by atoms with Gasteiger partial charge in [0.2, 0.25) is 0 Å². The van der Waals surface area contributed by atoms with Crippen molar-refractivity contribution in [1.29, 1.82) is 0 Å². The molecule has 6 nitrogen and oxygen atoms in total. The van der Waals surface area contributed by atoms with Crippen LogP contribution in [-0.2, 0) is 4.74 Å². The predicted octanol–water partition coefficient (Wildman–Crippen LogP) is 2.63. The summed E-state index contributed by atoms with van der Waals surface area (Å²) < 4.78 is 15.4. The number of nitrogens with two attached hydrogens (primary N) is 1. The van der Waals surface area contributed by atoms with E-state index in [1.54, 1.807) is 32.9 Å². The van der Waals surface area contributed by atoms with Gasteiger partial charge in [0.1, 0.15) is 17.1 Å². The Kier molecular flexibility index (Phi) is 4.47. The van der Waals surface area contributed by atoms with Gasteiger partial charge in [0.25, 0.3) is 0 Å². The first kappa shape index (κ1) is 14.9. The molecule has 0 aliphatic rings. The maximum absolute atomic E-state index is 11.7.